The van der Waals surface area contributed by atoms with E-state index in [1.165, 1.54) is 0 Å². The maximum absolute atomic E-state index is 12.0. The number of fused-ring (bicyclic) bond motifs is 1. The van der Waals surface area contributed by atoms with Gasteiger partial charge in [-0.2, -0.15) is 0 Å². The lowest BCUT2D eigenvalue weighted by atomic mass is 10.0. The molecule has 3 heteroatoms. The van der Waals surface area contributed by atoms with Crippen LogP contribution in [0.5, 0.6) is 5.75 Å². The summed E-state index contributed by atoms with van der Waals surface area (Å²) in [5.41, 5.74) is 0.590. The molecule has 2 aromatic carbocycles. The van der Waals surface area contributed by atoms with E-state index in [9.17, 15) is 9.90 Å². The first-order valence-corrected chi connectivity index (χ1v) is 5.61. The van der Waals surface area contributed by atoms with Gasteiger partial charge in [0.1, 0.15) is 5.75 Å². The molecule has 3 nitrogen and oxygen atoms in total. The normalized spacial score (nSPS) is 10.8. The second kappa shape index (κ2) is 4.45. The standard InChI is InChI=1S/C14H15NO2/c1-9(2)15-14(17)12-7-8-13(16)11-6-4-3-5-10(11)12/h3-9,16H,1-2H3,(H,15,17). The van der Waals surface area contributed by atoms with Crippen molar-refractivity contribution in [3.05, 3.63) is 42.0 Å². The van der Waals surface area contributed by atoms with Crippen LogP contribution in [0.1, 0.15) is 24.2 Å². The predicted molar refractivity (Wildman–Crippen MR) is 68.2 cm³/mol. The van der Waals surface area contributed by atoms with Gasteiger partial charge in [0.15, 0.2) is 0 Å². The first-order chi connectivity index (χ1) is 8.09. The SMILES string of the molecule is CC(C)NC(=O)c1ccc(O)c2ccccc12. The Labute approximate surface area is 100 Å². The van der Waals surface area contributed by atoms with Crippen molar-refractivity contribution in [1.82, 2.24) is 5.32 Å². The highest BCUT2D eigenvalue weighted by Crippen LogP contribution is 2.27. The highest BCUT2D eigenvalue weighted by Gasteiger charge is 2.12. The summed E-state index contributed by atoms with van der Waals surface area (Å²) in [6, 6.07) is 10.6. The van der Waals surface area contributed by atoms with Crippen molar-refractivity contribution < 1.29 is 9.90 Å². The topological polar surface area (TPSA) is 49.3 Å². The molecule has 0 bridgehead atoms. The lowest BCUT2D eigenvalue weighted by Gasteiger charge is -2.11. The van der Waals surface area contributed by atoms with Gasteiger partial charge < -0.3 is 10.4 Å². The number of benzene rings is 2. The van der Waals surface area contributed by atoms with Gasteiger partial charge in [-0.05, 0) is 31.4 Å². The first-order valence-electron chi connectivity index (χ1n) is 5.61. The van der Waals surface area contributed by atoms with Gasteiger partial charge in [-0.1, -0.05) is 24.3 Å². The molecule has 0 fully saturated rings. The van der Waals surface area contributed by atoms with E-state index >= 15 is 0 Å². The second-order valence-corrected chi connectivity index (χ2v) is 4.31. The lowest BCUT2D eigenvalue weighted by Crippen LogP contribution is -2.30. The van der Waals surface area contributed by atoms with Crippen LogP contribution in [-0.4, -0.2) is 17.1 Å². The van der Waals surface area contributed by atoms with E-state index in [1.807, 2.05) is 32.0 Å². The molecule has 2 N–H and O–H groups in total. The van der Waals surface area contributed by atoms with Crippen LogP contribution in [0, 0.1) is 0 Å². The summed E-state index contributed by atoms with van der Waals surface area (Å²) >= 11 is 0. The Kier molecular flexibility index (Phi) is 3.00. The number of carbonyl (C=O) groups excluding carboxylic acids is 1. The molecule has 0 radical (unpaired) electrons. The van der Waals surface area contributed by atoms with E-state index < -0.39 is 0 Å². The van der Waals surface area contributed by atoms with E-state index in [1.54, 1.807) is 18.2 Å². The van der Waals surface area contributed by atoms with Gasteiger partial charge in [-0.15, -0.1) is 0 Å². The molecule has 0 saturated carbocycles. The van der Waals surface area contributed by atoms with E-state index in [0.717, 1.165) is 5.39 Å². The van der Waals surface area contributed by atoms with Gasteiger partial charge in [-0.3, -0.25) is 4.79 Å². The van der Waals surface area contributed by atoms with E-state index in [-0.39, 0.29) is 17.7 Å². The Morgan fingerprint density at radius 3 is 2.41 bits per heavy atom. The number of carbonyl (C=O) groups is 1. The summed E-state index contributed by atoms with van der Waals surface area (Å²) in [7, 11) is 0. The van der Waals surface area contributed by atoms with E-state index in [2.05, 4.69) is 5.32 Å². The summed E-state index contributed by atoms with van der Waals surface area (Å²) in [5.74, 6) is 0.0814. The fraction of sp³-hybridized carbons (Fsp3) is 0.214. The zero-order chi connectivity index (χ0) is 12.4. The monoisotopic (exact) mass is 229 g/mol. The van der Waals surface area contributed by atoms with Gasteiger partial charge in [-0.25, -0.2) is 0 Å². The molecule has 0 aliphatic heterocycles. The van der Waals surface area contributed by atoms with Crippen molar-refractivity contribution in [2.75, 3.05) is 0 Å². The maximum Gasteiger partial charge on any atom is 0.252 e. The molecule has 0 spiro atoms. The quantitative estimate of drug-likeness (QED) is 0.831. The summed E-state index contributed by atoms with van der Waals surface area (Å²) in [5, 5.41) is 14.0. The maximum atomic E-state index is 12.0. The lowest BCUT2D eigenvalue weighted by molar-refractivity contribution is 0.0945. The van der Waals surface area contributed by atoms with Crippen molar-refractivity contribution in [3.63, 3.8) is 0 Å². The largest absolute Gasteiger partial charge is 0.507 e. The third kappa shape index (κ3) is 2.23. The molecule has 0 aliphatic carbocycles. The summed E-state index contributed by atoms with van der Waals surface area (Å²) in [6.45, 7) is 3.83. The average molecular weight is 229 g/mol. The fourth-order valence-electron chi connectivity index (χ4n) is 1.82. The van der Waals surface area contributed by atoms with Crippen molar-refractivity contribution in [1.29, 1.82) is 0 Å². The fourth-order valence-corrected chi connectivity index (χ4v) is 1.82. The second-order valence-electron chi connectivity index (χ2n) is 4.31. The third-order valence-electron chi connectivity index (χ3n) is 2.57. The number of rotatable bonds is 2. The van der Waals surface area contributed by atoms with Crippen LogP contribution in [-0.2, 0) is 0 Å². The van der Waals surface area contributed by atoms with E-state index in [0.29, 0.717) is 10.9 Å². The summed E-state index contributed by atoms with van der Waals surface area (Å²) in [4.78, 5) is 12.0. The van der Waals surface area contributed by atoms with Crippen LogP contribution in [0.2, 0.25) is 0 Å². The molecule has 0 saturated heterocycles. The predicted octanol–water partition coefficient (Wildman–Crippen LogP) is 2.68. The van der Waals surface area contributed by atoms with Crippen LogP contribution in [0.25, 0.3) is 10.8 Å². The molecule has 0 unspecified atom stereocenters. The molecule has 0 atom stereocenters. The highest BCUT2D eigenvalue weighted by atomic mass is 16.3. The molecule has 2 aromatic rings. The Balaban J connectivity index is 2.55. The smallest absolute Gasteiger partial charge is 0.252 e. The molecular weight excluding hydrogens is 214 g/mol. The molecule has 0 aliphatic rings. The number of aromatic hydroxyl groups is 1. The van der Waals surface area contributed by atoms with Gasteiger partial charge in [0, 0.05) is 17.0 Å². The van der Waals surface area contributed by atoms with Crippen LogP contribution in [0.3, 0.4) is 0 Å². The van der Waals surface area contributed by atoms with Gasteiger partial charge in [0.25, 0.3) is 5.91 Å². The number of hydrogen-bond donors (Lipinski definition) is 2. The van der Waals surface area contributed by atoms with Crippen molar-refractivity contribution in [2.24, 2.45) is 0 Å². The minimum atomic E-state index is -0.115. The van der Waals surface area contributed by atoms with Gasteiger partial charge in [0.05, 0.1) is 0 Å². The molecule has 17 heavy (non-hydrogen) atoms. The van der Waals surface area contributed by atoms with Crippen molar-refractivity contribution in [3.8, 4) is 5.75 Å². The zero-order valence-corrected chi connectivity index (χ0v) is 9.90. The molecule has 1 amide bonds. The molecule has 2 rings (SSSR count). The van der Waals surface area contributed by atoms with Crippen molar-refractivity contribution in [2.45, 2.75) is 19.9 Å². The zero-order valence-electron chi connectivity index (χ0n) is 9.90. The average Bonchev–Trinajstić information content (AvgIpc) is 2.29. The minimum Gasteiger partial charge on any atom is -0.507 e. The van der Waals surface area contributed by atoms with Crippen LogP contribution in [0.15, 0.2) is 36.4 Å². The third-order valence-corrected chi connectivity index (χ3v) is 2.57. The van der Waals surface area contributed by atoms with Gasteiger partial charge in [0.2, 0.25) is 0 Å². The number of phenols is 1. The van der Waals surface area contributed by atoms with Gasteiger partial charge >= 0.3 is 0 Å². The van der Waals surface area contributed by atoms with E-state index in [4.69, 9.17) is 0 Å². The van der Waals surface area contributed by atoms with Crippen LogP contribution < -0.4 is 5.32 Å². The Morgan fingerprint density at radius 1 is 1.12 bits per heavy atom. The summed E-state index contributed by atoms with van der Waals surface area (Å²) in [6.07, 6.45) is 0. The highest BCUT2D eigenvalue weighted by molar-refractivity contribution is 6.08. The summed E-state index contributed by atoms with van der Waals surface area (Å²) < 4.78 is 0. The number of nitrogens with one attached hydrogen (secondary N) is 1. The van der Waals surface area contributed by atoms with Crippen molar-refractivity contribution >= 4 is 16.7 Å². The Bertz CT molecular complexity index is 561. The number of phenolic OH excluding ortho intramolecular Hbond substituents is 1. The number of hydrogen-bond acceptors (Lipinski definition) is 2. The molecule has 88 valence electrons. The Morgan fingerprint density at radius 2 is 1.76 bits per heavy atom. The first kappa shape index (κ1) is 11.5. The molecule has 0 heterocycles. The number of amides is 1. The van der Waals surface area contributed by atoms with Crippen LogP contribution >= 0.6 is 0 Å². The van der Waals surface area contributed by atoms with Crippen LogP contribution in [0.4, 0.5) is 0 Å². The Hall–Kier alpha value is -2.03. The minimum absolute atomic E-state index is 0.0927. The molecular formula is C14H15NO2. The molecule has 0 aromatic heterocycles.